The van der Waals surface area contributed by atoms with Gasteiger partial charge >= 0.3 is 0 Å². The molecule has 1 aromatic heterocycles. The molecule has 3 N–H and O–H groups in total. The molecule has 1 aromatic rings. The van der Waals surface area contributed by atoms with Gasteiger partial charge in [0.2, 0.25) is 5.88 Å². The number of pyridine rings is 1. The van der Waals surface area contributed by atoms with E-state index in [1.165, 1.54) is 19.3 Å². The predicted octanol–water partition coefficient (Wildman–Crippen LogP) is 2.76. The van der Waals surface area contributed by atoms with Crippen molar-refractivity contribution >= 4 is 23.3 Å². The monoisotopic (exact) mass is 267 g/mol. The van der Waals surface area contributed by atoms with Crippen LogP contribution in [0.4, 0.5) is 11.5 Å². The first-order chi connectivity index (χ1) is 8.69. The molecule has 5 heteroatoms. The Bertz CT molecular complexity index is 402. The fourth-order valence-corrected chi connectivity index (χ4v) is 2.99. The van der Waals surface area contributed by atoms with Gasteiger partial charge in [0.25, 0.3) is 0 Å². The molecule has 0 bridgehead atoms. The number of hydrogen-bond donors (Lipinski definition) is 2. The van der Waals surface area contributed by atoms with Crippen LogP contribution in [0.5, 0.6) is 5.88 Å². The number of rotatable bonds is 6. The molecule has 18 heavy (non-hydrogen) atoms. The van der Waals surface area contributed by atoms with E-state index in [2.05, 4.69) is 16.6 Å². The molecule has 4 nitrogen and oxygen atoms in total. The van der Waals surface area contributed by atoms with Gasteiger partial charge in [-0.1, -0.05) is 6.42 Å². The summed E-state index contributed by atoms with van der Waals surface area (Å²) >= 11 is 1.95. The van der Waals surface area contributed by atoms with Crippen molar-refractivity contribution in [3.63, 3.8) is 0 Å². The summed E-state index contributed by atoms with van der Waals surface area (Å²) < 4.78 is 5.79. The van der Waals surface area contributed by atoms with Crippen LogP contribution in [0.25, 0.3) is 0 Å². The molecule has 0 aliphatic heterocycles. The van der Waals surface area contributed by atoms with E-state index in [4.69, 9.17) is 10.5 Å². The van der Waals surface area contributed by atoms with Gasteiger partial charge in [-0.2, -0.15) is 16.7 Å². The van der Waals surface area contributed by atoms with E-state index in [1.54, 1.807) is 0 Å². The highest BCUT2D eigenvalue weighted by molar-refractivity contribution is 8.00. The third kappa shape index (κ3) is 2.83. The molecule has 2 rings (SSSR count). The SMILES string of the molecule is CCOc1nc(NCC2(SC)CCC2)ccc1N. The van der Waals surface area contributed by atoms with Gasteiger partial charge in [0.05, 0.1) is 12.3 Å². The zero-order valence-corrected chi connectivity index (χ0v) is 11.8. The zero-order valence-electron chi connectivity index (χ0n) is 11.0. The minimum atomic E-state index is 0.398. The second-order valence-electron chi connectivity index (χ2n) is 4.62. The van der Waals surface area contributed by atoms with Crippen molar-refractivity contribution < 1.29 is 4.74 Å². The van der Waals surface area contributed by atoms with Crippen LogP contribution in [0, 0.1) is 0 Å². The van der Waals surface area contributed by atoms with Crippen molar-refractivity contribution in [2.75, 3.05) is 30.5 Å². The molecule has 1 aliphatic carbocycles. The smallest absolute Gasteiger partial charge is 0.239 e. The van der Waals surface area contributed by atoms with Crippen LogP contribution in [-0.2, 0) is 0 Å². The van der Waals surface area contributed by atoms with Crippen LogP contribution in [0.1, 0.15) is 26.2 Å². The van der Waals surface area contributed by atoms with Crippen molar-refractivity contribution in [1.82, 2.24) is 4.98 Å². The minimum absolute atomic E-state index is 0.398. The second kappa shape index (κ2) is 5.69. The van der Waals surface area contributed by atoms with E-state index in [9.17, 15) is 0 Å². The van der Waals surface area contributed by atoms with E-state index in [0.717, 1.165) is 12.4 Å². The molecule has 0 amide bonds. The molecule has 1 saturated carbocycles. The van der Waals surface area contributed by atoms with Crippen LogP contribution in [0.2, 0.25) is 0 Å². The molecule has 100 valence electrons. The topological polar surface area (TPSA) is 60.2 Å². The number of nitrogens with two attached hydrogens (primary N) is 1. The van der Waals surface area contributed by atoms with Crippen LogP contribution in [-0.4, -0.2) is 29.1 Å². The highest BCUT2D eigenvalue weighted by Crippen LogP contribution is 2.42. The van der Waals surface area contributed by atoms with Gasteiger partial charge in [-0.3, -0.25) is 0 Å². The highest BCUT2D eigenvalue weighted by atomic mass is 32.2. The third-order valence-electron chi connectivity index (χ3n) is 3.46. The lowest BCUT2D eigenvalue weighted by Gasteiger charge is -2.40. The summed E-state index contributed by atoms with van der Waals surface area (Å²) in [7, 11) is 0. The fraction of sp³-hybridized carbons (Fsp3) is 0.615. The first-order valence-corrected chi connectivity index (χ1v) is 7.60. The molecule has 1 heterocycles. The number of nitrogens with one attached hydrogen (secondary N) is 1. The first kappa shape index (κ1) is 13.3. The summed E-state index contributed by atoms with van der Waals surface area (Å²) in [5, 5.41) is 3.40. The van der Waals surface area contributed by atoms with Gasteiger partial charge in [-0.15, -0.1) is 0 Å². The standard InChI is InChI=1S/C13H21N3OS/c1-3-17-12-10(14)5-6-11(16-12)15-9-13(18-2)7-4-8-13/h5-6H,3-4,7-9,14H2,1-2H3,(H,15,16). The molecule has 0 radical (unpaired) electrons. The molecule has 1 aliphatic rings. The molecular formula is C13H21N3OS. The molecule has 0 aromatic carbocycles. The maximum Gasteiger partial charge on any atom is 0.239 e. The number of hydrogen-bond acceptors (Lipinski definition) is 5. The maximum absolute atomic E-state index is 5.80. The van der Waals surface area contributed by atoms with Crippen LogP contribution in [0.15, 0.2) is 12.1 Å². The summed E-state index contributed by atoms with van der Waals surface area (Å²) in [6, 6.07) is 3.75. The van der Waals surface area contributed by atoms with Gasteiger partial charge in [-0.25, -0.2) is 0 Å². The Morgan fingerprint density at radius 2 is 2.28 bits per heavy atom. The largest absolute Gasteiger partial charge is 0.476 e. The third-order valence-corrected chi connectivity index (χ3v) is 4.88. The van der Waals surface area contributed by atoms with Gasteiger partial charge < -0.3 is 15.8 Å². The van der Waals surface area contributed by atoms with E-state index in [1.807, 2.05) is 30.8 Å². The summed E-state index contributed by atoms with van der Waals surface area (Å²) in [5.74, 6) is 1.36. The van der Waals surface area contributed by atoms with Crippen molar-refractivity contribution in [3.8, 4) is 5.88 Å². The predicted molar refractivity (Wildman–Crippen MR) is 78.4 cm³/mol. The van der Waals surface area contributed by atoms with Crippen LogP contribution >= 0.6 is 11.8 Å². The Morgan fingerprint density at radius 3 is 2.83 bits per heavy atom. The van der Waals surface area contributed by atoms with Crippen molar-refractivity contribution in [1.29, 1.82) is 0 Å². The van der Waals surface area contributed by atoms with Crippen molar-refractivity contribution in [3.05, 3.63) is 12.1 Å². The van der Waals surface area contributed by atoms with Gasteiger partial charge in [0, 0.05) is 11.3 Å². The average molecular weight is 267 g/mol. The van der Waals surface area contributed by atoms with E-state index < -0.39 is 0 Å². The van der Waals surface area contributed by atoms with Crippen LogP contribution in [0.3, 0.4) is 0 Å². The quantitative estimate of drug-likeness (QED) is 0.830. The molecule has 0 saturated heterocycles. The molecule has 0 atom stereocenters. The lowest BCUT2D eigenvalue weighted by molar-refractivity contribution is 0.329. The molecule has 1 fully saturated rings. The second-order valence-corrected chi connectivity index (χ2v) is 5.89. The molecular weight excluding hydrogens is 246 g/mol. The number of ether oxygens (including phenoxy) is 1. The minimum Gasteiger partial charge on any atom is -0.476 e. The van der Waals surface area contributed by atoms with E-state index in [0.29, 0.717) is 22.9 Å². The van der Waals surface area contributed by atoms with E-state index >= 15 is 0 Å². The normalized spacial score (nSPS) is 17.0. The number of aromatic nitrogens is 1. The zero-order chi connectivity index (χ0) is 13.0. The summed E-state index contributed by atoms with van der Waals surface area (Å²) in [6.45, 7) is 3.46. The summed E-state index contributed by atoms with van der Waals surface area (Å²) in [6.07, 6.45) is 6.09. The molecule has 0 spiro atoms. The van der Waals surface area contributed by atoms with Gasteiger partial charge in [0.1, 0.15) is 5.82 Å². The lowest BCUT2D eigenvalue weighted by Crippen LogP contribution is -2.40. The average Bonchev–Trinajstić information content (AvgIpc) is 2.32. The summed E-state index contributed by atoms with van der Waals surface area (Å²) in [4.78, 5) is 4.39. The summed E-state index contributed by atoms with van der Waals surface area (Å²) in [5.41, 5.74) is 6.39. The van der Waals surface area contributed by atoms with E-state index in [-0.39, 0.29) is 0 Å². The molecule has 0 unspecified atom stereocenters. The Labute approximate surface area is 113 Å². The number of nitrogen functional groups attached to an aromatic ring is 1. The Morgan fingerprint density at radius 1 is 1.50 bits per heavy atom. The highest BCUT2D eigenvalue weighted by Gasteiger charge is 2.35. The van der Waals surface area contributed by atoms with Crippen molar-refractivity contribution in [2.24, 2.45) is 0 Å². The lowest BCUT2D eigenvalue weighted by atomic mass is 9.84. The Balaban J connectivity index is 1.98. The maximum atomic E-state index is 5.80. The Hall–Kier alpha value is -1.10. The fourth-order valence-electron chi connectivity index (χ4n) is 2.08. The van der Waals surface area contributed by atoms with Crippen molar-refractivity contribution in [2.45, 2.75) is 30.9 Å². The number of nitrogens with zero attached hydrogens (tertiary/aromatic N) is 1. The number of thioether (sulfide) groups is 1. The first-order valence-electron chi connectivity index (χ1n) is 6.37. The van der Waals surface area contributed by atoms with Crippen LogP contribution < -0.4 is 15.8 Å². The Kier molecular flexibility index (Phi) is 4.22. The number of anilines is 2. The van der Waals surface area contributed by atoms with Gasteiger partial charge in [-0.05, 0) is 38.2 Å². The van der Waals surface area contributed by atoms with Gasteiger partial charge in [0.15, 0.2) is 0 Å².